The van der Waals surface area contributed by atoms with Crippen LogP contribution in [-0.2, 0) is 16.1 Å². The molecule has 0 saturated heterocycles. The summed E-state index contributed by atoms with van der Waals surface area (Å²) in [6.07, 6.45) is 0. The zero-order chi connectivity index (χ0) is 15.4. The van der Waals surface area contributed by atoms with Gasteiger partial charge in [-0.1, -0.05) is 17.7 Å². The summed E-state index contributed by atoms with van der Waals surface area (Å²) in [5.74, 6) is -0.467. The number of hydrogen-bond acceptors (Lipinski definition) is 4. The van der Waals surface area contributed by atoms with Crippen LogP contribution in [0.4, 0.5) is 0 Å². The van der Waals surface area contributed by atoms with Crippen molar-refractivity contribution in [3.63, 3.8) is 0 Å². The van der Waals surface area contributed by atoms with E-state index < -0.39 is 5.97 Å². The fraction of sp³-hybridized carbons (Fsp3) is 0.312. The van der Waals surface area contributed by atoms with Crippen molar-refractivity contribution in [2.24, 2.45) is 0 Å². The van der Waals surface area contributed by atoms with Crippen LogP contribution in [0.25, 0.3) is 11.3 Å². The number of carbonyl (C=O) groups excluding carboxylic acids is 1. The molecule has 5 heteroatoms. The average molecular weight is 286 g/mol. The molecule has 0 radical (unpaired) electrons. The summed E-state index contributed by atoms with van der Waals surface area (Å²) >= 11 is 0. The van der Waals surface area contributed by atoms with E-state index in [4.69, 9.17) is 4.74 Å². The first kappa shape index (κ1) is 15.0. The normalized spacial score (nSPS) is 10.4. The van der Waals surface area contributed by atoms with Crippen LogP contribution in [0.2, 0.25) is 0 Å². The Hall–Kier alpha value is -2.43. The van der Waals surface area contributed by atoms with Gasteiger partial charge in [-0.2, -0.15) is 5.10 Å². The zero-order valence-electron chi connectivity index (χ0n) is 12.4. The summed E-state index contributed by atoms with van der Waals surface area (Å²) in [6.45, 7) is 5.81. The molecule has 0 fully saturated rings. The smallest absolute Gasteiger partial charge is 0.327 e. The van der Waals surface area contributed by atoms with Crippen molar-refractivity contribution in [3.8, 4) is 11.3 Å². The summed E-state index contributed by atoms with van der Waals surface area (Å²) in [5.41, 5.74) is 3.47. The van der Waals surface area contributed by atoms with Crippen LogP contribution < -0.4 is 5.56 Å². The van der Waals surface area contributed by atoms with Gasteiger partial charge in [-0.25, -0.2) is 4.68 Å². The Bertz CT molecular complexity index is 720. The maximum absolute atomic E-state index is 11.8. The lowest BCUT2D eigenvalue weighted by molar-refractivity contribution is -0.144. The van der Waals surface area contributed by atoms with Gasteiger partial charge in [-0.3, -0.25) is 9.59 Å². The van der Waals surface area contributed by atoms with Crippen molar-refractivity contribution in [2.45, 2.75) is 27.3 Å². The maximum Gasteiger partial charge on any atom is 0.327 e. The van der Waals surface area contributed by atoms with Crippen molar-refractivity contribution in [2.75, 3.05) is 6.61 Å². The van der Waals surface area contributed by atoms with E-state index in [0.717, 1.165) is 21.4 Å². The Kier molecular flexibility index (Phi) is 4.52. The van der Waals surface area contributed by atoms with E-state index >= 15 is 0 Å². The van der Waals surface area contributed by atoms with E-state index in [1.54, 1.807) is 13.0 Å². The average Bonchev–Trinajstić information content (AvgIpc) is 2.44. The zero-order valence-corrected chi connectivity index (χ0v) is 12.4. The Balaban J connectivity index is 2.40. The van der Waals surface area contributed by atoms with Gasteiger partial charge in [0.05, 0.1) is 12.3 Å². The van der Waals surface area contributed by atoms with Gasteiger partial charge < -0.3 is 4.74 Å². The molecule has 1 aromatic carbocycles. The molecule has 0 aliphatic carbocycles. The molecule has 5 nitrogen and oxygen atoms in total. The lowest BCUT2D eigenvalue weighted by atomic mass is 10.0. The molecule has 21 heavy (non-hydrogen) atoms. The number of benzene rings is 1. The fourth-order valence-corrected chi connectivity index (χ4v) is 2.05. The number of hydrogen-bond donors (Lipinski definition) is 0. The summed E-state index contributed by atoms with van der Waals surface area (Å²) in [7, 11) is 0. The van der Waals surface area contributed by atoms with E-state index in [9.17, 15) is 9.59 Å². The van der Waals surface area contributed by atoms with Crippen LogP contribution >= 0.6 is 0 Å². The van der Waals surface area contributed by atoms with Crippen molar-refractivity contribution >= 4 is 5.97 Å². The molecule has 0 N–H and O–H groups in total. The van der Waals surface area contributed by atoms with E-state index in [2.05, 4.69) is 5.10 Å². The monoisotopic (exact) mass is 286 g/mol. The van der Waals surface area contributed by atoms with Gasteiger partial charge in [0.15, 0.2) is 0 Å². The maximum atomic E-state index is 11.8. The van der Waals surface area contributed by atoms with Crippen LogP contribution in [0.15, 0.2) is 35.1 Å². The third kappa shape index (κ3) is 3.56. The van der Waals surface area contributed by atoms with Gasteiger partial charge >= 0.3 is 5.97 Å². The molecule has 0 saturated carbocycles. The Morgan fingerprint density at radius 3 is 2.71 bits per heavy atom. The largest absolute Gasteiger partial charge is 0.465 e. The van der Waals surface area contributed by atoms with Gasteiger partial charge in [-0.05, 0) is 38.5 Å². The van der Waals surface area contributed by atoms with Crippen molar-refractivity contribution in [1.29, 1.82) is 0 Å². The second-order valence-electron chi connectivity index (χ2n) is 4.84. The topological polar surface area (TPSA) is 61.2 Å². The molecule has 0 unspecified atom stereocenters. The van der Waals surface area contributed by atoms with Crippen LogP contribution in [0.1, 0.15) is 18.1 Å². The predicted molar refractivity (Wildman–Crippen MR) is 80.0 cm³/mol. The highest BCUT2D eigenvalue weighted by Gasteiger charge is 2.10. The molecule has 0 amide bonds. The van der Waals surface area contributed by atoms with E-state index in [1.165, 1.54) is 6.07 Å². The Morgan fingerprint density at radius 1 is 1.24 bits per heavy atom. The van der Waals surface area contributed by atoms with Crippen molar-refractivity contribution in [3.05, 3.63) is 51.8 Å². The highest BCUT2D eigenvalue weighted by Crippen LogP contribution is 2.21. The molecule has 0 atom stereocenters. The number of rotatable bonds is 4. The molecular formula is C16H18N2O3. The first-order valence-electron chi connectivity index (χ1n) is 6.82. The number of aryl methyl sites for hydroxylation is 2. The van der Waals surface area contributed by atoms with Gasteiger partial charge in [0.2, 0.25) is 0 Å². The van der Waals surface area contributed by atoms with E-state index in [-0.39, 0.29) is 18.7 Å². The molecule has 0 bridgehead atoms. The molecule has 1 aromatic heterocycles. The molecular weight excluding hydrogens is 268 g/mol. The van der Waals surface area contributed by atoms with Crippen LogP contribution in [0.3, 0.4) is 0 Å². The van der Waals surface area contributed by atoms with Crippen molar-refractivity contribution < 1.29 is 9.53 Å². The Labute approximate surface area is 123 Å². The molecule has 110 valence electrons. The molecule has 0 spiro atoms. The molecule has 0 aliphatic rings. The molecule has 0 aliphatic heterocycles. The minimum Gasteiger partial charge on any atom is -0.465 e. The predicted octanol–water partition coefficient (Wildman–Crippen LogP) is 2.09. The molecule has 1 heterocycles. The van der Waals surface area contributed by atoms with E-state index in [1.807, 2.05) is 32.0 Å². The number of aromatic nitrogens is 2. The third-order valence-electron chi connectivity index (χ3n) is 3.12. The second kappa shape index (κ2) is 6.35. The fourth-order valence-electron chi connectivity index (χ4n) is 2.05. The molecule has 2 rings (SSSR count). The lowest BCUT2D eigenvalue weighted by Gasteiger charge is -2.09. The lowest BCUT2D eigenvalue weighted by Crippen LogP contribution is -2.27. The molecule has 2 aromatic rings. The Morgan fingerprint density at radius 2 is 2.00 bits per heavy atom. The summed E-state index contributed by atoms with van der Waals surface area (Å²) < 4.78 is 5.98. The quantitative estimate of drug-likeness (QED) is 0.807. The number of ether oxygens (including phenoxy) is 1. The highest BCUT2D eigenvalue weighted by atomic mass is 16.5. The standard InChI is InChI=1S/C16H18N2O3/c1-4-21-16(20)10-18-15(19)8-7-14(17-18)13-9-11(2)5-6-12(13)3/h5-9H,4,10H2,1-3H3. The van der Waals surface area contributed by atoms with Gasteiger partial charge in [0.25, 0.3) is 5.56 Å². The third-order valence-corrected chi connectivity index (χ3v) is 3.12. The number of nitrogens with zero attached hydrogens (tertiary/aromatic N) is 2. The van der Waals surface area contributed by atoms with Gasteiger partial charge in [0, 0.05) is 11.6 Å². The summed E-state index contributed by atoms with van der Waals surface area (Å²) in [5, 5.41) is 4.27. The first-order chi connectivity index (χ1) is 10.0. The van der Waals surface area contributed by atoms with E-state index in [0.29, 0.717) is 5.69 Å². The van der Waals surface area contributed by atoms with Gasteiger partial charge in [-0.15, -0.1) is 0 Å². The summed E-state index contributed by atoms with van der Waals surface area (Å²) in [4.78, 5) is 23.3. The minimum absolute atomic E-state index is 0.175. The SMILES string of the molecule is CCOC(=O)Cn1nc(-c2cc(C)ccc2C)ccc1=O. The summed E-state index contributed by atoms with van der Waals surface area (Å²) in [6, 6.07) is 9.13. The number of esters is 1. The van der Waals surface area contributed by atoms with Crippen molar-refractivity contribution in [1.82, 2.24) is 9.78 Å². The van der Waals surface area contributed by atoms with Crippen LogP contribution in [0, 0.1) is 13.8 Å². The number of carbonyl (C=O) groups is 1. The van der Waals surface area contributed by atoms with Crippen LogP contribution in [0.5, 0.6) is 0 Å². The minimum atomic E-state index is -0.467. The highest BCUT2D eigenvalue weighted by molar-refractivity contribution is 5.69. The van der Waals surface area contributed by atoms with Crippen LogP contribution in [-0.4, -0.2) is 22.4 Å². The first-order valence-corrected chi connectivity index (χ1v) is 6.82. The van der Waals surface area contributed by atoms with Gasteiger partial charge in [0.1, 0.15) is 6.54 Å². The second-order valence-corrected chi connectivity index (χ2v) is 4.84.